The Morgan fingerprint density at radius 3 is 2.73 bits per heavy atom. The molecule has 0 bridgehead atoms. The average molecular weight is 215 g/mol. The normalized spacial score (nSPS) is 10.1. The minimum atomic E-state index is -0.779. The van der Waals surface area contributed by atoms with Crippen LogP contribution < -0.4 is 5.73 Å². The van der Waals surface area contributed by atoms with E-state index in [4.69, 9.17) is 5.73 Å². The Kier molecular flexibility index (Phi) is 3.60. The van der Waals surface area contributed by atoms with E-state index in [9.17, 15) is 13.6 Å². The van der Waals surface area contributed by atoms with Crippen molar-refractivity contribution >= 4 is 11.7 Å². The monoisotopic (exact) mass is 215 g/mol. The molecule has 2 N–H and O–H groups in total. The zero-order chi connectivity index (χ0) is 11.4. The van der Waals surface area contributed by atoms with Crippen LogP contribution in [0.5, 0.6) is 0 Å². The lowest BCUT2D eigenvalue weighted by molar-refractivity contribution is 0.0480. The maximum Gasteiger partial charge on any atom is 0.338 e. The number of esters is 1. The highest BCUT2D eigenvalue weighted by atomic mass is 19.1. The summed E-state index contributed by atoms with van der Waals surface area (Å²) in [5, 5.41) is 0. The van der Waals surface area contributed by atoms with E-state index in [0.717, 1.165) is 6.07 Å². The van der Waals surface area contributed by atoms with Crippen molar-refractivity contribution in [1.82, 2.24) is 0 Å². The SMILES string of the molecule is Cc1c(N)cc(C(=O)OCCF)cc1F. The third-order valence-electron chi connectivity index (χ3n) is 1.93. The van der Waals surface area contributed by atoms with Crippen molar-refractivity contribution in [1.29, 1.82) is 0 Å². The molecule has 82 valence electrons. The van der Waals surface area contributed by atoms with Gasteiger partial charge in [-0.25, -0.2) is 13.6 Å². The standard InChI is InChI=1S/C10H11F2NO2/c1-6-8(12)4-7(5-9(6)13)10(14)15-3-2-11/h4-5H,2-3,13H2,1H3. The van der Waals surface area contributed by atoms with Gasteiger partial charge in [0.1, 0.15) is 19.1 Å². The second-order valence-electron chi connectivity index (χ2n) is 3.00. The molecule has 0 fully saturated rings. The van der Waals surface area contributed by atoms with E-state index in [0.29, 0.717) is 0 Å². The van der Waals surface area contributed by atoms with Gasteiger partial charge >= 0.3 is 5.97 Å². The summed E-state index contributed by atoms with van der Waals surface area (Å²) in [6, 6.07) is 2.32. The molecule has 3 nitrogen and oxygen atoms in total. The molecule has 0 aliphatic heterocycles. The van der Waals surface area contributed by atoms with Crippen molar-refractivity contribution in [2.45, 2.75) is 6.92 Å². The molecule has 0 heterocycles. The van der Waals surface area contributed by atoms with Crippen molar-refractivity contribution in [2.24, 2.45) is 0 Å². The van der Waals surface area contributed by atoms with E-state index < -0.39 is 18.5 Å². The molecular formula is C10H11F2NO2. The van der Waals surface area contributed by atoms with Gasteiger partial charge in [0, 0.05) is 11.3 Å². The number of hydrogen-bond donors (Lipinski definition) is 1. The average Bonchev–Trinajstić information content (AvgIpc) is 2.21. The first kappa shape index (κ1) is 11.4. The molecule has 0 atom stereocenters. The van der Waals surface area contributed by atoms with Crippen molar-refractivity contribution in [3.05, 3.63) is 29.1 Å². The topological polar surface area (TPSA) is 52.3 Å². The minimum absolute atomic E-state index is 0.0101. The maximum atomic E-state index is 13.2. The summed E-state index contributed by atoms with van der Waals surface area (Å²) in [7, 11) is 0. The summed E-state index contributed by atoms with van der Waals surface area (Å²) in [6.07, 6.45) is 0. The molecule has 1 aromatic carbocycles. The fourth-order valence-corrected chi connectivity index (χ4v) is 1.03. The van der Waals surface area contributed by atoms with Crippen LogP contribution in [0.1, 0.15) is 15.9 Å². The summed E-state index contributed by atoms with van der Waals surface area (Å²) in [5.74, 6) is -1.36. The lowest BCUT2D eigenvalue weighted by Gasteiger charge is -2.06. The van der Waals surface area contributed by atoms with Crippen LogP contribution in [0.3, 0.4) is 0 Å². The molecular weight excluding hydrogens is 204 g/mol. The van der Waals surface area contributed by atoms with E-state index in [1.165, 1.54) is 13.0 Å². The number of ether oxygens (including phenoxy) is 1. The number of anilines is 1. The van der Waals surface area contributed by atoms with Crippen LogP contribution in [0.15, 0.2) is 12.1 Å². The largest absolute Gasteiger partial charge is 0.459 e. The van der Waals surface area contributed by atoms with Crippen LogP contribution >= 0.6 is 0 Å². The molecule has 5 heteroatoms. The van der Waals surface area contributed by atoms with Crippen LogP contribution in [0.25, 0.3) is 0 Å². The highest BCUT2D eigenvalue weighted by Crippen LogP contribution is 2.18. The molecule has 0 saturated carbocycles. The van der Waals surface area contributed by atoms with E-state index in [2.05, 4.69) is 4.74 Å². The van der Waals surface area contributed by atoms with Crippen LogP contribution in [-0.4, -0.2) is 19.3 Å². The lowest BCUT2D eigenvalue weighted by Crippen LogP contribution is -2.09. The molecule has 0 saturated heterocycles. The van der Waals surface area contributed by atoms with Crippen LogP contribution in [0.2, 0.25) is 0 Å². The predicted octanol–water partition coefficient (Wildman–Crippen LogP) is 1.84. The molecule has 0 amide bonds. The van der Waals surface area contributed by atoms with E-state index >= 15 is 0 Å². The van der Waals surface area contributed by atoms with E-state index in [1.807, 2.05) is 0 Å². The van der Waals surface area contributed by atoms with Crippen molar-refractivity contribution in [3.8, 4) is 0 Å². The number of halogens is 2. The number of hydrogen-bond acceptors (Lipinski definition) is 3. The Labute approximate surface area is 85.8 Å². The Morgan fingerprint density at radius 1 is 1.53 bits per heavy atom. The summed E-state index contributed by atoms with van der Waals surface area (Å²) in [5.41, 5.74) is 5.90. The molecule has 0 aliphatic rings. The molecule has 15 heavy (non-hydrogen) atoms. The first-order valence-electron chi connectivity index (χ1n) is 4.35. The quantitative estimate of drug-likeness (QED) is 0.618. The third kappa shape index (κ3) is 2.65. The molecule has 0 aliphatic carbocycles. The van der Waals surface area contributed by atoms with Gasteiger partial charge in [0.25, 0.3) is 0 Å². The zero-order valence-corrected chi connectivity index (χ0v) is 8.22. The number of carbonyl (C=O) groups is 1. The molecule has 0 radical (unpaired) electrons. The van der Waals surface area contributed by atoms with Gasteiger partial charge in [-0.1, -0.05) is 0 Å². The first-order chi connectivity index (χ1) is 7.06. The van der Waals surface area contributed by atoms with Crippen molar-refractivity contribution in [3.63, 3.8) is 0 Å². The second kappa shape index (κ2) is 4.72. The van der Waals surface area contributed by atoms with Crippen LogP contribution in [-0.2, 0) is 4.74 Å². The highest BCUT2D eigenvalue weighted by molar-refractivity contribution is 5.90. The molecule has 0 spiro atoms. The zero-order valence-electron chi connectivity index (χ0n) is 8.22. The Balaban J connectivity index is 2.91. The van der Waals surface area contributed by atoms with Gasteiger partial charge in [0.05, 0.1) is 5.56 Å². The summed E-state index contributed by atoms with van der Waals surface area (Å²) >= 11 is 0. The van der Waals surface area contributed by atoms with Gasteiger partial charge in [0.2, 0.25) is 0 Å². The number of nitrogen functional groups attached to an aromatic ring is 1. The lowest BCUT2D eigenvalue weighted by atomic mass is 10.1. The second-order valence-corrected chi connectivity index (χ2v) is 3.00. The minimum Gasteiger partial charge on any atom is -0.459 e. The molecule has 0 unspecified atom stereocenters. The van der Waals surface area contributed by atoms with Gasteiger partial charge in [0.15, 0.2) is 0 Å². The first-order valence-corrected chi connectivity index (χ1v) is 4.35. The fraction of sp³-hybridized carbons (Fsp3) is 0.300. The molecule has 1 rings (SSSR count). The van der Waals surface area contributed by atoms with Crippen molar-refractivity contribution < 1.29 is 18.3 Å². The van der Waals surface area contributed by atoms with Gasteiger partial charge in [-0.2, -0.15) is 0 Å². The Bertz CT molecular complexity index is 357. The molecule has 0 aromatic heterocycles. The highest BCUT2D eigenvalue weighted by Gasteiger charge is 2.11. The summed E-state index contributed by atoms with van der Waals surface area (Å²) < 4.78 is 29.4. The van der Waals surface area contributed by atoms with Gasteiger partial charge in [-0.3, -0.25) is 0 Å². The number of carbonyl (C=O) groups excluding carboxylic acids is 1. The summed E-state index contributed by atoms with van der Waals surface area (Å²) in [6.45, 7) is 0.394. The predicted molar refractivity (Wildman–Crippen MR) is 51.8 cm³/mol. The number of rotatable bonds is 3. The van der Waals surface area contributed by atoms with Crippen molar-refractivity contribution in [2.75, 3.05) is 19.0 Å². The van der Waals surface area contributed by atoms with Crippen LogP contribution in [0, 0.1) is 12.7 Å². The fourth-order valence-electron chi connectivity index (χ4n) is 1.03. The Hall–Kier alpha value is -1.65. The number of alkyl halides is 1. The maximum absolute atomic E-state index is 13.2. The number of nitrogens with two attached hydrogens (primary N) is 1. The third-order valence-corrected chi connectivity index (χ3v) is 1.93. The Morgan fingerprint density at radius 2 is 2.20 bits per heavy atom. The molecule has 1 aromatic rings. The summed E-state index contributed by atoms with van der Waals surface area (Å²) in [4.78, 5) is 11.2. The van der Waals surface area contributed by atoms with Crippen LogP contribution in [0.4, 0.5) is 14.5 Å². The van der Waals surface area contributed by atoms with E-state index in [1.54, 1.807) is 0 Å². The number of benzene rings is 1. The van der Waals surface area contributed by atoms with Gasteiger partial charge in [-0.05, 0) is 19.1 Å². The smallest absolute Gasteiger partial charge is 0.338 e. The van der Waals surface area contributed by atoms with Gasteiger partial charge in [-0.15, -0.1) is 0 Å². The van der Waals surface area contributed by atoms with E-state index in [-0.39, 0.29) is 23.4 Å². The van der Waals surface area contributed by atoms with Gasteiger partial charge < -0.3 is 10.5 Å².